The zero-order chi connectivity index (χ0) is 22.0. The molecule has 1 atom stereocenters. The lowest BCUT2D eigenvalue weighted by atomic mass is 9.90. The fraction of sp³-hybridized carbons (Fsp3) is 0.440. The van der Waals surface area contributed by atoms with E-state index in [4.69, 9.17) is 0 Å². The van der Waals surface area contributed by atoms with Crippen molar-refractivity contribution in [1.29, 1.82) is 0 Å². The van der Waals surface area contributed by atoms with Crippen LogP contribution in [0.25, 0.3) is 0 Å². The maximum absolute atomic E-state index is 14.2. The number of benzene rings is 2. The molecule has 1 fully saturated rings. The molecule has 2 heterocycles. The normalized spacial score (nSPS) is 19.7. The molecule has 164 valence electrons. The monoisotopic (exact) mass is 423 g/mol. The quantitative estimate of drug-likeness (QED) is 0.811. The molecule has 0 bridgehead atoms. The van der Waals surface area contributed by atoms with Crippen LogP contribution in [0.5, 0.6) is 0 Å². The Bertz CT molecular complexity index is 969. The maximum atomic E-state index is 14.2. The van der Waals surface area contributed by atoms with Crippen molar-refractivity contribution in [3.8, 4) is 0 Å². The molecule has 31 heavy (non-hydrogen) atoms. The number of nitrogens with one attached hydrogen (secondary N) is 1. The van der Waals surface area contributed by atoms with E-state index in [1.165, 1.54) is 6.07 Å². The molecular formula is C25H30FN3O2. The number of carbonyl (C=O) groups is 2. The summed E-state index contributed by atoms with van der Waals surface area (Å²) in [4.78, 5) is 30.2. The maximum Gasteiger partial charge on any atom is 0.244 e. The lowest BCUT2D eigenvalue weighted by Gasteiger charge is -2.40. The molecule has 0 spiro atoms. The van der Waals surface area contributed by atoms with Crippen molar-refractivity contribution in [3.63, 3.8) is 0 Å². The second-order valence-corrected chi connectivity index (χ2v) is 8.86. The third kappa shape index (κ3) is 4.79. The SMILES string of the molecule is Cc1ccc(NC(=O)CN2CCc3ccccc3[C@H]2C(=O)N2CCC(C)CC2)c(F)c1. The number of halogens is 1. The van der Waals surface area contributed by atoms with E-state index in [1.54, 1.807) is 19.1 Å². The van der Waals surface area contributed by atoms with E-state index in [0.29, 0.717) is 12.5 Å². The van der Waals surface area contributed by atoms with E-state index in [-0.39, 0.29) is 24.0 Å². The smallest absolute Gasteiger partial charge is 0.244 e. The van der Waals surface area contributed by atoms with Crippen LogP contribution in [0.2, 0.25) is 0 Å². The molecule has 6 heteroatoms. The molecule has 2 aliphatic rings. The van der Waals surface area contributed by atoms with Gasteiger partial charge in [-0.1, -0.05) is 37.3 Å². The molecule has 4 rings (SSSR count). The molecule has 0 saturated carbocycles. The van der Waals surface area contributed by atoms with Crippen LogP contribution in [0.1, 0.15) is 42.5 Å². The molecule has 2 amide bonds. The lowest BCUT2D eigenvalue weighted by Crippen LogP contribution is -2.50. The van der Waals surface area contributed by atoms with Gasteiger partial charge >= 0.3 is 0 Å². The van der Waals surface area contributed by atoms with E-state index < -0.39 is 11.9 Å². The van der Waals surface area contributed by atoms with Crippen molar-refractivity contribution >= 4 is 17.5 Å². The minimum Gasteiger partial charge on any atom is -0.341 e. The van der Waals surface area contributed by atoms with Gasteiger partial charge in [-0.2, -0.15) is 0 Å². The fourth-order valence-electron chi connectivity index (χ4n) is 4.58. The predicted octanol–water partition coefficient (Wildman–Crippen LogP) is 3.93. The van der Waals surface area contributed by atoms with E-state index >= 15 is 0 Å². The van der Waals surface area contributed by atoms with Crippen molar-refractivity contribution < 1.29 is 14.0 Å². The number of hydrogen-bond acceptors (Lipinski definition) is 3. The Morgan fingerprint density at radius 1 is 1.10 bits per heavy atom. The first-order valence-corrected chi connectivity index (χ1v) is 11.1. The van der Waals surface area contributed by atoms with Crippen LogP contribution >= 0.6 is 0 Å². The van der Waals surface area contributed by atoms with Crippen molar-refractivity contribution in [1.82, 2.24) is 9.80 Å². The summed E-state index contributed by atoms with van der Waals surface area (Å²) in [6, 6.07) is 12.3. The molecule has 0 radical (unpaired) electrons. The second-order valence-electron chi connectivity index (χ2n) is 8.86. The Labute approximate surface area is 183 Å². The van der Waals surface area contributed by atoms with Gasteiger partial charge in [0.05, 0.1) is 12.2 Å². The Kier molecular flexibility index (Phi) is 6.37. The summed E-state index contributed by atoms with van der Waals surface area (Å²) in [5, 5.41) is 2.67. The van der Waals surface area contributed by atoms with E-state index in [0.717, 1.165) is 49.0 Å². The largest absolute Gasteiger partial charge is 0.341 e. The minimum absolute atomic E-state index is 0.0439. The number of carbonyl (C=O) groups excluding carboxylic acids is 2. The Balaban J connectivity index is 1.53. The Morgan fingerprint density at radius 2 is 1.84 bits per heavy atom. The van der Waals surface area contributed by atoms with Crippen LogP contribution in [-0.2, 0) is 16.0 Å². The molecule has 5 nitrogen and oxygen atoms in total. The van der Waals surface area contributed by atoms with Gasteiger partial charge < -0.3 is 10.2 Å². The average molecular weight is 424 g/mol. The number of rotatable bonds is 4. The molecule has 2 aromatic carbocycles. The van der Waals surface area contributed by atoms with Crippen LogP contribution in [0, 0.1) is 18.7 Å². The number of anilines is 1. The van der Waals surface area contributed by atoms with Gasteiger partial charge in [0.2, 0.25) is 11.8 Å². The number of fused-ring (bicyclic) bond motifs is 1. The molecular weight excluding hydrogens is 393 g/mol. The van der Waals surface area contributed by atoms with Crippen LogP contribution in [0.3, 0.4) is 0 Å². The standard InChI is InChI=1S/C25H30FN3O2/c1-17-9-12-28(13-10-17)25(31)24-20-6-4-3-5-19(20)11-14-29(24)16-23(30)27-22-8-7-18(2)15-21(22)26/h3-8,15,17,24H,9-14,16H2,1-2H3,(H,27,30)/t24-/m0/s1. The van der Waals surface area contributed by atoms with Gasteiger partial charge in [0.25, 0.3) is 0 Å². The number of piperidine rings is 1. The number of nitrogens with zero attached hydrogens (tertiary/aromatic N) is 2. The highest BCUT2D eigenvalue weighted by molar-refractivity contribution is 5.93. The summed E-state index contributed by atoms with van der Waals surface area (Å²) in [5.41, 5.74) is 3.10. The Morgan fingerprint density at radius 3 is 2.58 bits per heavy atom. The van der Waals surface area contributed by atoms with Gasteiger partial charge in [-0.25, -0.2) is 4.39 Å². The van der Waals surface area contributed by atoms with Crippen molar-refractivity contribution in [2.45, 2.75) is 39.2 Å². The van der Waals surface area contributed by atoms with Gasteiger partial charge in [0, 0.05) is 19.6 Å². The zero-order valence-corrected chi connectivity index (χ0v) is 18.2. The van der Waals surface area contributed by atoms with Crippen LogP contribution in [0.4, 0.5) is 10.1 Å². The summed E-state index contributed by atoms with van der Waals surface area (Å²) in [5.74, 6) is -0.0676. The van der Waals surface area contributed by atoms with E-state index in [1.807, 2.05) is 28.0 Å². The topological polar surface area (TPSA) is 52.7 Å². The molecule has 1 N–H and O–H groups in total. The highest BCUT2D eigenvalue weighted by atomic mass is 19.1. The van der Waals surface area contributed by atoms with Crippen LogP contribution in [-0.4, -0.2) is 47.8 Å². The first kappa shape index (κ1) is 21.5. The molecule has 2 aromatic rings. The third-order valence-corrected chi connectivity index (χ3v) is 6.46. The summed E-state index contributed by atoms with van der Waals surface area (Å²) in [6.07, 6.45) is 2.80. The van der Waals surface area contributed by atoms with Crippen molar-refractivity contribution in [2.75, 3.05) is 31.5 Å². The third-order valence-electron chi connectivity index (χ3n) is 6.46. The number of aryl methyl sites for hydroxylation is 1. The van der Waals surface area contributed by atoms with Crippen molar-refractivity contribution in [3.05, 3.63) is 65.0 Å². The lowest BCUT2D eigenvalue weighted by molar-refractivity contribution is -0.139. The summed E-state index contributed by atoms with van der Waals surface area (Å²) >= 11 is 0. The summed E-state index contributed by atoms with van der Waals surface area (Å²) in [6.45, 7) is 6.19. The van der Waals surface area contributed by atoms with Gasteiger partial charge in [-0.15, -0.1) is 0 Å². The average Bonchev–Trinajstić information content (AvgIpc) is 2.75. The van der Waals surface area contributed by atoms with Gasteiger partial charge in [-0.05, 0) is 60.9 Å². The number of amides is 2. The molecule has 0 unspecified atom stereocenters. The number of likely N-dealkylation sites (tertiary alicyclic amines) is 1. The molecule has 0 aliphatic carbocycles. The zero-order valence-electron chi connectivity index (χ0n) is 18.2. The Hall–Kier alpha value is -2.73. The number of hydrogen-bond donors (Lipinski definition) is 1. The summed E-state index contributed by atoms with van der Waals surface area (Å²) in [7, 11) is 0. The van der Waals surface area contributed by atoms with Crippen LogP contribution < -0.4 is 5.32 Å². The van der Waals surface area contributed by atoms with E-state index in [9.17, 15) is 14.0 Å². The van der Waals surface area contributed by atoms with Gasteiger partial charge in [-0.3, -0.25) is 14.5 Å². The predicted molar refractivity (Wildman–Crippen MR) is 119 cm³/mol. The molecule has 0 aromatic heterocycles. The highest BCUT2D eigenvalue weighted by Gasteiger charge is 2.37. The van der Waals surface area contributed by atoms with E-state index in [2.05, 4.69) is 18.3 Å². The highest BCUT2D eigenvalue weighted by Crippen LogP contribution is 2.32. The van der Waals surface area contributed by atoms with Gasteiger partial charge in [0.15, 0.2) is 0 Å². The molecule has 1 saturated heterocycles. The molecule has 2 aliphatic heterocycles. The first-order chi connectivity index (χ1) is 14.9. The summed E-state index contributed by atoms with van der Waals surface area (Å²) < 4.78 is 14.2. The fourth-order valence-corrected chi connectivity index (χ4v) is 4.58. The minimum atomic E-state index is -0.480. The van der Waals surface area contributed by atoms with Crippen molar-refractivity contribution in [2.24, 2.45) is 5.92 Å². The van der Waals surface area contributed by atoms with Gasteiger partial charge in [0.1, 0.15) is 11.9 Å². The first-order valence-electron chi connectivity index (χ1n) is 11.1. The van der Waals surface area contributed by atoms with Crippen LogP contribution in [0.15, 0.2) is 42.5 Å². The second kappa shape index (κ2) is 9.18.